The van der Waals surface area contributed by atoms with Gasteiger partial charge in [0.2, 0.25) is 0 Å². The SMILES string of the molecule is COCCNCc1cn(Cc2ccc(Cl)cc2F)cn1. The Morgan fingerprint density at radius 1 is 1.45 bits per heavy atom. The Kier molecular flexibility index (Phi) is 5.52. The van der Waals surface area contributed by atoms with E-state index in [0.717, 1.165) is 12.2 Å². The van der Waals surface area contributed by atoms with Crippen molar-refractivity contribution in [2.75, 3.05) is 20.3 Å². The fourth-order valence-corrected chi connectivity index (χ4v) is 1.98. The molecule has 0 aliphatic carbocycles. The van der Waals surface area contributed by atoms with Gasteiger partial charge in [-0.15, -0.1) is 0 Å². The van der Waals surface area contributed by atoms with Crippen molar-refractivity contribution in [1.82, 2.24) is 14.9 Å². The largest absolute Gasteiger partial charge is 0.383 e. The molecular formula is C14H17ClFN3O. The zero-order valence-electron chi connectivity index (χ0n) is 11.3. The van der Waals surface area contributed by atoms with Gasteiger partial charge in [-0.05, 0) is 12.1 Å². The maximum atomic E-state index is 13.7. The molecule has 0 amide bonds. The lowest BCUT2D eigenvalue weighted by Crippen LogP contribution is -2.18. The first-order valence-corrected chi connectivity index (χ1v) is 6.71. The second kappa shape index (κ2) is 7.38. The van der Waals surface area contributed by atoms with Crippen molar-refractivity contribution in [3.05, 3.63) is 52.8 Å². The zero-order valence-corrected chi connectivity index (χ0v) is 12.0. The van der Waals surface area contributed by atoms with Crippen LogP contribution in [-0.4, -0.2) is 29.8 Å². The van der Waals surface area contributed by atoms with Gasteiger partial charge in [0.15, 0.2) is 0 Å². The lowest BCUT2D eigenvalue weighted by atomic mass is 10.2. The minimum absolute atomic E-state index is 0.300. The Morgan fingerprint density at radius 2 is 2.30 bits per heavy atom. The van der Waals surface area contributed by atoms with Crippen LogP contribution in [0.4, 0.5) is 4.39 Å². The molecule has 1 aromatic heterocycles. The van der Waals surface area contributed by atoms with Crippen LogP contribution in [0.3, 0.4) is 0 Å². The molecule has 1 N–H and O–H groups in total. The van der Waals surface area contributed by atoms with Crippen LogP contribution in [0.5, 0.6) is 0 Å². The van der Waals surface area contributed by atoms with E-state index in [1.54, 1.807) is 25.6 Å². The van der Waals surface area contributed by atoms with E-state index < -0.39 is 0 Å². The number of hydrogen-bond acceptors (Lipinski definition) is 3. The minimum Gasteiger partial charge on any atom is -0.383 e. The van der Waals surface area contributed by atoms with Crippen molar-refractivity contribution in [3.8, 4) is 0 Å². The summed E-state index contributed by atoms with van der Waals surface area (Å²) in [6.07, 6.45) is 3.59. The second-order valence-electron chi connectivity index (χ2n) is 4.44. The van der Waals surface area contributed by atoms with E-state index in [-0.39, 0.29) is 5.82 Å². The molecule has 1 aromatic carbocycles. The van der Waals surface area contributed by atoms with E-state index >= 15 is 0 Å². The highest BCUT2D eigenvalue weighted by Crippen LogP contribution is 2.15. The summed E-state index contributed by atoms with van der Waals surface area (Å²) in [4.78, 5) is 4.27. The molecule has 0 saturated heterocycles. The minimum atomic E-state index is -0.300. The molecule has 20 heavy (non-hydrogen) atoms. The van der Waals surface area contributed by atoms with Crippen LogP contribution >= 0.6 is 11.6 Å². The highest BCUT2D eigenvalue weighted by molar-refractivity contribution is 6.30. The van der Waals surface area contributed by atoms with E-state index in [2.05, 4.69) is 10.3 Å². The molecule has 0 saturated carbocycles. The third kappa shape index (κ3) is 4.30. The summed E-state index contributed by atoms with van der Waals surface area (Å²) in [7, 11) is 1.66. The molecule has 0 spiro atoms. The van der Waals surface area contributed by atoms with E-state index in [4.69, 9.17) is 16.3 Å². The zero-order chi connectivity index (χ0) is 14.4. The molecule has 6 heteroatoms. The number of imidazole rings is 1. The summed E-state index contributed by atoms with van der Waals surface area (Å²) >= 11 is 5.73. The first-order valence-electron chi connectivity index (χ1n) is 6.33. The maximum Gasteiger partial charge on any atom is 0.129 e. The Bertz CT molecular complexity index is 559. The molecule has 0 unspecified atom stereocenters. The van der Waals surface area contributed by atoms with Crippen LogP contribution in [0.25, 0.3) is 0 Å². The Morgan fingerprint density at radius 3 is 3.05 bits per heavy atom. The molecule has 0 bridgehead atoms. The quantitative estimate of drug-likeness (QED) is 0.798. The monoisotopic (exact) mass is 297 g/mol. The number of benzene rings is 1. The van der Waals surface area contributed by atoms with Crippen molar-refractivity contribution in [2.45, 2.75) is 13.1 Å². The number of halogens is 2. The summed E-state index contributed by atoms with van der Waals surface area (Å²) in [5, 5.41) is 3.61. The number of methoxy groups -OCH3 is 1. The van der Waals surface area contributed by atoms with Gasteiger partial charge in [-0.2, -0.15) is 0 Å². The van der Waals surface area contributed by atoms with Crippen LogP contribution in [-0.2, 0) is 17.8 Å². The fourth-order valence-electron chi connectivity index (χ4n) is 1.82. The molecule has 0 fully saturated rings. The van der Waals surface area contributed by atoms with Crippen LogP contribution in [0.1, 0.15) is 11.3 Å². The lowest BCUT2D eigenvalue weighted by Gasteiger charge is -2.04. The molecule has 0 atom stereocenters. The normalized spacial score (nSPS) is 10.9. The van der Waals surface area contributed by atoms with Crippen molar-refractivity contribution in [3.63, 3.8) is 0 Å². The molecular weight excluding hydrogens is 281 g/mol. The Hall–Kier alpha value is -1.43. The van der Waals surface area contributed by atoms with Gasteiger partial charge in [0, 0.05) is 37.0 Å². The van der Waals surface area contributed by atoms with Gasteiger partial charge in [-0.1, -0.05) is 17.7 Å². The lowest BCUT2D eigenvalue weighted by molar-refractivity contribution is 0.199. The molecule has 0 radical (unpaired) electrons. The molecule has 108 valence electrons. The molecule has 4 nitrogen and oxygen atoms in total. The molecule has 0 aliphatic rings. The molecule has 2 rings (SSSR count). The van der Waals surface area contributed by atoms with Crippen LogP contribution < -0.4 is 5.32 Å². The van der Waals surface area contributed by atoms with Crippen LogP contribution in [0.2, 0.25) is 5.02 Å². The number of rotatable bonds is 7. The summed E-state index contributed by atoms with van der Waals surface area (Å²) in [6.45, 7) is 2.54. The van der Waals surface area contributed by atoms with E-state index in [0.29, 0.717) is 30.3 Å². The van der Waals surface area contributed by atoms with Gasteiger partial charge < -0.3 is 14.6 Å². The standard InChI is InChI=1S/C14H17ClFN3O/c1-20-5-4-17-7-13-9-19(10-18-13)8-11-2-3-12(15)6-14(11)16/h2-3,6,9-10,17H,4-5,7-8H2,1H3. The molecule has 1 heterocycles. The number of aromatic nitrogens is 2. The second-order valence-corrected chi connectivity index (χ2v) is 4.88. The molecule has 2 aromatic rings. The summed E-state index contributed by atoms with van der Waals surface area (Å²) in [6, 6.07) is 4.69. The van der Waals surface area contributed by atoms with E-state index in [1.807, 2.05) is 10.8 Å². The van der Waals surface area contributed by atoms with E-state index in [1.165, 1.54) is 6.07 Å². The number of hydrogen-bond donors (Lipinski definition) is 1. The van der Waals surface area contributed by atoms with Crippen LogP contribution in [0.15, 0.2) is 30.7 Å². The van der Waals surface area contributed by atoms with Gasteiger partial charge >= 0.3 is 0 Å². The molecule has 0 aliphatic heterocycles. The smallest absolute Gasteiger partial charge is 0.129 e. The van der Waals surface area contributed by atoms with Gasteiger partial charge in [0.1, 0.15) is 5.82 Å². The van der Waals surface area contributed by atoms with Gasteiger partial charge in [0.25, 0.3) is 0 Å². The van der Waals surface area contributed by atoms with Crippen molar-refractivity contribution in [1.29, 1.82) is 0 Å². The summed E-state index contributed by atoms with van der Waals surface area (Å²) < 4.78 is 20.5. The van der Waals surface area contributed by atoms with Gasteiger partial charge in [-0.3, -0.25) is 0 Å². The highest BCUT2D eigenvalue weighted by atomic mass is 35.5. The first-order chi connectivity index (χ1) is 9.69. The predicted octanol–water partition coefficient (Wildman–Crippen LogP) is 2.46. The summed E-state index contributed by atoms with van der Waals surface area (Å²) in [5.74, 6) is -0.300. The van der Waals surface area contributed by atoms with Gasteiger partial charge in [-0.25, -0.2) is 9.37 Å². The van der Waals surface area contributed by atoms with Crippen molar-refractivity contribution < 1.29 is 9.13 Å². The summed E-state index contributed by atoms with van der Waals surface area (Å²) in [5.41, 5.74) is 1.50. The number of nitrogens with one attached hydrogen (secondary N) is 1. The average molecular weight is 298 g/mol. The highest BCUT2D eigenvalue weighted by Gasteiger charge is 2.05. The van der Waals surface area contributed by atoms with Crippen LogP contribution in [0, 0.1) is 5.82 Å². The Balaban J connectivity index is 1.92. The first kappa shape index (κ1) is 15.0. The van der Waals surface area contributed by atoms with E-state index in [9.17, 15) is 4.39 Å². The number of ether oxygens (including phenoxy) is 1. The third-order valence-corrected chi connectivity index (χ3v) is 3.08. The van der Waals surface area contributed by atoms with Gasteiger partial charge in [0.05, 0.1) is 25.2 Å². The Labute approximate surface area is 122 Å². The number of nitrogens with zero attached hydrogens (tertiary/aromatic N) is 2. The fraction of sp³-hybridized carbons (Fsp3) is 0.357. The topological polar surface area (TPSA) is 39.1 Å². The predicted molar refractivity (Wildman–Crippen MR) is 76.3 cm³/mol. The maximum absolute atomic E-state index is 13.7. The van der Waals surface area contributed by atoms with Crippen molar-refractivity contribution in [2.24, 2.45) is 0 Å². The third-order valence-electron chi connectivity index (χ3n) is 2.84. The van der Waals surface area contributed by atoms with Crippen molar-refractivity contribution >= 4 is 11.6 Å². The average Bonchev–Trinajstić information content (AvgIpc) is 2.86.